The summed E-state index contributed by atoms with van der Waals surface area (Å²) in [5.74, 6) is 1.05. The van der Waals surface area contributed by atoms with Gasteiger partial charge in [0.25, 0.3) is 0 Å². The largest absolute Gasteiger partial charge is 0.496 e. The van der Waals surface area contributed by atoms with Gasteiger partial charge in [-0.25, -0.2) is 0 Å². The van der Waals surface area contributed by atoms with Gasteiger partial charge in [0, 0.05) is 36.0 Å². The molecule has 1 aliphatic heterocycles. The maximum atomic E-state index is 13.5. The molecule has 30 heavy (non-hydrogen) atoms. The molecule has 2 N–H and O–H groups in total. The van der Waals surface area contributed by atoms with Gasteiger partial charge in [-0.05, 0) is 41.8 Å². The standard InChI is InChI=1S/C25H23N3O2/c1-30-23-11-5-2-8-18(23)17-13-21-24(22(29)14-17)25(16-7-6-12-26-15-16)28-20-10-4-3-9-19(20)27-21/h2-12,15,17,25,27-28H,13-14H2,1H3. The van der Waals surface area contributed by atoms with Gasteiger partial charge in [0.15, 0.2) is 5.78 Å². The van der Waals surface area contributed by atoms with Gasteiger partial charge in [-0.2, -0.15) is 0 Å². The highest BCUT2D eigenvalue weighted by Gasteiger charge is 2.36. The van der Waals surface area contributed by atoms with E-state index < -0.39 is 0 Å². The zero-order valence-electron chi connectivity index (χ0n) is 16.8. The van der Waals surface area contributed by atoms with Gasteiger partial charge in [-0.3, -0.25) is 9.78 Å². The molecule has 0 amide bonds. The van der Waals surface area contributed by atoms with Crippen LogP contribution in [0.4, 0.5) is 11.4 Å². The number of anilines is 2. The monoisotopic (exact) mass is 397 g/mol. The van der Waals surface area contributed by atoms with E-state index in [2.05, 4.69) is 21.7 Å². The minimum absolute atomic E-state index is 0.0692. The maximum Gasteiger partial charge on any atom is 0.163 e. The number of carbonyl (C=O) groups excluding carboxylic acids is 1. The molecule has 150 valence electrons. The molecule has 0 saturated heterocycles. The molecule has 0 bridgehead atoms. The van der Waals surface area contributed by atoms with Crippen molar-refractivity contribution in [1.29, 1.82) is 0 Å². The maximum absolute atomic E-state index is 13.5. The number of pyridine rings is 1. The summed E-state index contributed by atoms with van der Waals surface area (Å²) in [5.41, 5.74) is 5.77. The van der Waals surface area contributed by atoms with Gasteiger partial charge in [0.1, 0.15) is 5.75 Å². The molecule has 0 spiro atoms. The first-order chi connectivity index (χ1) is 14.7. The fourth-order valence-electron chi connectivity index (χ4n) is 4.51. The predicted octanol–water partition coefficient (Wildman–Crippen LogP) is 5.07. The van der Waals surface area contributed by atoms with Crippen molar-refractivity contribution in [3.05, 3.63) is 95.5 Å². The first-order valence-electron chi connectivity index (χ1n) is 10.2. The first kappa shape index (κ1) is 18.4. The van der Waals surface area contributed by atoms with E-state index in [0.29, 0.717) is 6.42 Å². The SMILES string of the molecule is COc1ccccc1C1CC(=O)C2=C(C1)Nc1ccccc1NC2c1cccnc1. The zero-order chi connectivity index (χ0) is 20.5. The van der Waals surface area contributed by atoms with Crippen LogP contribution in [0.15, 0.2) is 84.3 Å². The third kappa shape index (κ3) is 3.22. The molecular formula is C25H23N3O2. The topological polar surface area (TPSA) is 63.2 Å². The van der Waals surface area contributed by atoms with E-state index in [1.165, 1.54) is 0 Å². The zero-order valence-corrected chi connectivity index (χ0v) is 16.8. The lowest BCUT2D eigenvalue weighted by atomic mass is 9.78. The number of para-hydroxylation sites is 3. The Hall–Kier alpha value is -3.60. The van der Waals surface area contributed by atoms with Crippen molar-refractivity contribution in [3.63, 3.8) is 0 Å². The molecule has 2 atom stereocenters. The summed E-state index contributed by atoms with van der Waals surface area (Å²) in [6, 6.07) is 19.7. The molecular weight excluding hydrogens is 374 g/mol. The number of allylic oxidation sites excluding steroid dienone is 1. The molecule has 5 heteroatoms. The van der Waals surface area contributed by atoms with Crippen LogP contribution < -0.4 is 15.4 Å². The van der Waals surface area contributed by atoms with Crippen LogP contribution in [0.25, 0.3) is 0 Å². The number of fused-ring (bicyclic) bond motifs is 1. The molecule has 1 aliphatic carbocycles. The van der Waals surface area contributed by atoms with Crippen LogP contribution in [0, 0.1) is 0 Å². The summed E-state index contributed by atoms with van der Waals surface area (Å²) in [6.07, 6.45) is 4.78. The van der Waals surface area contributed by atoms with Gasteiger partial charge in [0.2, 0.25) is 0 Å². The Morgan fingerprint density at radius 3 is 2.57 bits per heavy atom. The number of methoxy groups -OCH3 is 1. The van der Waals surface area contributed by atoms with Crippen LogP contribution in [-0.2, 0) is 4.79 Å². The van der Waals surface area contributed by atoms with Gasteiger partial charge >= 0.3 is 0 Å². The summed E-state index contributed by atoms with van der Waals surface area (Å²) >= 11 is 0. The van der Waals surface area contributed by atoms with E-state index in [1.54, 1.807) is 13.3 Å². The quantitative estimate of drug-likeness (QED) is 0.646. The Bertz CT molecular complexity index is 1120. The van der Waals surface area contributed by atoms with Crippen LogP contribution in [0.5, 0.6) is 5.75 Å². The molecule has 0 fully saturated rings. The number of aromatic nitrogens is 1. The summed E-state index contributed by atoms with van der Waals surface area (Å²) < 4.78 is 5.57. The summed E-state index contributed by atoms with van der Waals surface area (Å²) in [4.78, 5) is 17.8. The van der Waals surface area contributed by atoms with Crippen molar-refractivity contribution in [1.82, 2.24) is 4.98 Å². The molecule has 1 aromatic heterocycles. The average Bonchev–Trinajstić information content (AvgIpc) is 2.96. The van der Waals surface area contributed by atoms with Gasteiger partial charge in [-0.1, -0.05) is 36.4 Å². The minimum Gasteiger partial charge on any atom is -0.496 e. The highest BCUT2D eigenvalue weighted by Crippen LogP contribution is 2.45. The number of benzene rings is 2. The van der Waals surface area contributed by atoms with E-state index in [0.717, 1.165) is 45.9 Å². The smallest absolute Gasteiger partial charge is 0.163 e. The van der Waals surface area contributed by atoms with Gasteiger partial charge < -0.3 is 15.4 Å². The third-order valence-corrected chi connectivity index (χ3v) is 5.91. The van der Waals surface area contributed by atoms with E-state index in [4.69, 9.17) is 4.74 Å². The Morgan fingerprint density at radius 1 is 0.967 bits per heavy atom. The van der Waals surface area contributed by atoms with E-state index in [-0.39, 0.29) is 17.7 Å². The van der Waals surface area contributed by atoms with Crippen molar-refractivity contribution in [2.45, 2.75) is 24.8 Å². The highest BCUT2D eigenvalue weighted by molar-refractivity contribution is 6.01. The number of ketones is 1. The Morgan fingerprint density at radius 2 is 1.77 bits per heavy atom. The Balaban J connectivity index is 1.61. The second-order valence-electron chi connectivity index (χ2n) is 7.70. The molecule has 5 rings (SSSR count). The predicted molar refractivity (Wildman–Crippen MR) is 118 cm³/mol. The highest BCUT2D eigenvalue weighted by atomic mass is 16.5. The second-order valence-corrected chi connectivity index (χ2v) is 7.70. The van der Waals surface area contributed by atoms with E-state index in [9.17, 15) is 4.79 Å². The number of nitrogens with zero attached hydrogens (tertiary/aromatic N) is 1. The molecule has 3 aromatic rings. The Labute approximate surface area is 175 Å². The molecule has 2 aliphatic rings. The number of nitrogens with one attached hydrogen (secondary N) is 2. The number of rotatable bonds is 3. The molecule has 0 saturated carbocycles. The number of hydrogen-bond donors (Lipinski definition) is 2. The van der Waals surface area contributed by atoms with Gasteiger partial charge in [-0.15, -0.1) is 0 Å². The summed E-state index contributed by atoms with van der Waals surface area (Å²) in [7, 11) is 1.68. The van der Waals surface area contributed by atoms with Crippen LogP contribution in [0.1, 0.15) is 35.9 Å². The molecule has 2 unspecified atom stereocenters. The average molecular weight is 397 g/mol. The van der Waals surface area contributed by atoms with Crippen molar-refractivity contribution in [3.8, 4) is 5.75 Å². The lowest BCUT2D eigenvalue weighted by molar-refractivity contribution is -0.116. The fourth-order valence-corrected chi connectivity index (χ4v) is 4.51. The molecule has 2 aromatic carbocycles. The van der Waals surface area contributed by atoms with Crippen molar-refractivity contribution in [2.75, 3.05) is 17.7 Å². The van der Waals surface area contributed by atoms with Crippen molar-refractivity contribution >= 4 is 17.2 Å². The first-order valence-corrected chi connectivity index (χ1v) is 10.2. The van der Waals surface area contributed by atoms with Gasteiger partial charge in [0.05, 0.1) is 24.5 Å². The fraction of sp³-hybridized carbons (Fsp3) is 0.200. The summed E-state index contributed by atoms with van der Waals surface area (Å²) in [5, 5.41) is 7.14. The van der Waals surface area contributed by atoms with Crippen LogP contribution in [0.3, 0.4) is 0 Å². The van der Waals surface area contributed by atoms with Crippen LogP contribution >= 0.6 is 0 Å². The minimum atomic E-state index is -0.240. The Kier molecular flexibility index (Phi) is 4.71. The van der Waals surface area contributed by atoms with Crippen LogP contribution in [0.2, 0.25) is 0 Å². The van der Waals surface area contributed by atoms with Crippen LogP contribution in [-0.4, -0.2) is 17.9 Å². The lowest BCUT2D eigenvalue weighted by Crippen LogP contribution is -2.27. The summed E-state index contributed by atoms with van der Waals surface area (Å²) in [6.45, 7) is 0. The molecule has 0 radical (unpaired) electrons. The number of carbonyl (C=O) groups is 1. The third-order valence-electron chi connectivity index (χ3n) is 5.91. The van der Waals surface area contributed by atoms with Crippen molar-refractivity contribution < 1.29 is 9.53 Å². The van der Waals surface area contributed by atoms with E-state index in [1.807, 2.05) is 60.8 Å². The lowest BCUT2D eigenvalue weighted by Gasteiger charge is -2.30. The molecule has 2 heterocycles. The van der Waals surface area contributed by atoms with Crippen molar-refractivity contribution in [2.24, 2.45) is 0 Å². The normalized spacial score (nSPS) is 20.4. The number of Topliss-reactive ketones (excluding diaryl/α,β-unsaturated/α-hetero) is 1. The number of hydrogen-bond acceptors (Lipinski definition) is 5. The molecule has 5 nitrogen and oxygen atoms in total. The number of ether oxygens (including phenoxy) is 1. The van der Waals surface area contributed by atoms with E-state index >= 15 is 0 Å². The second kappa shape index (κ2) is 7.67.